The van der Waals surface area contributed by atoms with E-state index in [-0.39, 0.29) is 12.3 Å². The number of carbonyl (C=O) groups excluding carboxylic acids is 2. The topological polar surface area (TPSA) is 69.2 Å². The predicted molar refractivity (Wildman–Crippen MR) is 105 cm³/mol. The van der Waals surface area contributed by atoms with Crippen LogP contribution in [0.1, 0.15) is 40.9 Å². The van der Waals surface area contributed by atoms with Gasteiger partial charge in [-0.15, -0.1) is 11.8 Å². The van der Waals surface area contributed by atoms with Crippen molar-refractivity contribution in [2.45, 2.75) is 39.0 Å². The molecule has 0 aromatic heterocycles. The van der Waals surface area contributed by atoms with Crippen LogP contribution in [0.2, 0.25) is 0 Å². The van der Waals surface area contributed by atoms with Gasteiger partial charge in [0, 0.05) is 27.5 Å². The molecule has 1 amide bonds. The summed E-state index contributed by atoms with van der Waals surface area (Å²) in [5.41, 5.74) is 2.72. The summed E-state index contributed by atoms with van der Waals surface area (Å²) in [6, 6.07) is 11.4. The molecular formula is C21H24NO3S-. The van der Waals surface area contributed by atoms with Crippen molar-refractivity contribution in [3.05, 3.63) is 58.7 Å². The van der Waals surface area contributed by atoms with E-state index in [1.54, 1.807) is 25.6 Å². The highest BCUT2D eigenvalue weighted by atomic mass is 32.2. The molecule has 0 aliphatic heterocycles. The first-order valence-electron chi connectivity index (χ1n) is 8.41. The second-order valence-electron chi connectivity index (χ2n) is 7.15. The van der Waals surface area contributed by atoms with Gasteiger partial charge in [-0.2, -0.15) is 0 Å². The maximum Gasteiger partial charge on any atom is 0.256 e. The maximum absolute atomic E-state index is 12.9. The van der Waals surface area contributed by atoms with Gasteiger partial charge in [0.15, 0.2) is 0 Å². The second-order valence-corrected chi connectivity index (χ2v) is 8.03. The van der Waals surface area contributed by atoms with Crippen LogP contribution in [0.4, 0.5) is 5.69 Å². The SMILES string of the molecule is CSc1cccc(NC(=O)c2c(C)cc(C)cc2CC(C)(C)C(=O)[O-])c1. The molecule has 26 heavy (non-hydrogen) atoms. The molecule has 0 radical (unpaired) electrons. The van der Waals surface area contributed by atoms with Gasteiger partial charge in [-0.25, -0.2) is 0 Å². The molecular weight excluding hydrogens is 346 g/mol. The molecule has 4 nitrogen and oxygen atoms in total. The van der Waals surface area contributed by atoms with Gasteiger partial charge >= 0.3 is 0 Å². The van der Waals surface area contributed by atoms with Crippen LogP contribution in [-0.4, -0.2) is 18.1 Å². The Morgan fingerprint density at radius 1 is 1.15 bits per heavy atom. The normalized spacial score (nSPS) is 11.3. The molecule has 0 saturated carbocycles. The van der Waals surface area contributed by atoms with Gasteiger partial charge in [0.05, 0.1) is 0 Å². The molecule has 0 fully saturated rings. The number of carboxylic acid groups (broad SMARTS) is 1. The van der Waals surface area contributed by atoms with Crippen LogP contribution < -0.4 is 10.4 Å². The number of nitrogens with one attached hydrogen (secondary N) is 1. The minimum Gasteiger partial charge on any atom is -0.550 e. The molecule has 1 N–H and O–H groups in total. The Morgan fingerprint density at radius 3 is 2.46 bits per heavy atom. The van der Waals surface area contributed by atoms with Gasteiger partial charge in [-0.05, 0) is 55.9 Å². The van der Waals surface area contributed by atoms with Crippen molar-refractivity contribution in [2.24, 2.45) is 5.41 Å². The van der Waals surface area contributed by atoms with E-state index in [0.29, 0.717) is 11.3 Å². The van der Waals surface area contributed by atoms with Gasteiger partial charge in [-0.1, -0.05) is 37.6 Å². The van der Waals surface area contributed by atoms with E-state index in [1.165, 1.54) is 0 Å². The molecule has 0 aliphatic rings. The molecule has 2 rings (SSSR count). The number of amides is 1. The summed E-state index contributed by atoms with van der Waals surface area (Å²) in [4.78, 5) is 25.4. The average Bonchev–Trinajstić information content (AvgIpc) is 2.53. The lowest BCUT2D eigenvalue weighted by Crippen LogP contribution is -2.40. The Morgan fingerprint density at radius 2 is 1.85 bits per heavy atom. The van der Waals surface area contributed by atoms with Crippen LogP contribution in [0.25, 0.3) is 0 Å². The monoisotopic (exact) mass is 370 g/mol. The Kier molecular flexibility index (Phi) is 6.13. The number of thioether (sulfide) groups is 1. The highest BCUT2D eigenvalue weighted by Crippen LogP contribution is 2.27. The zero-order valence-corrected chi connectivity index (χ0v) is 16.6. The van der Waals surface area contributed by atoms with Gasteiger partial charge in [0.2, 0.25) is 0 Å². The number of carboxylic acids is 1. The molecule has 138 valence electrons. The molecule has 0 heterocycles. The number of rotatable bonds is 6. The fraction of sp³-hybridized carbons (Fsp3) is 0.333. The molecule has 0 bridgehead atoms. The third-order valence-corrected chi connectivity index (χ3v) is 5.03. The zero-order chi connectivity index (χ0) is 19.5. The summed E-state index contributed by atoms with van der Waals surface area (Å²) in [6.07, 6.45) is 2.20. The Hall–Kier alpha value is -2.27. The van der Waals surface area contributed by atoms with Gasteiger partial charge in [-0.3, -0.25) is 4.79 Å². The van der Waals surface area contributed by atoms with E-state index in [0.717, 1.165) is 21.6 Å². The third-order valence-electron chi connectivity index (χ3n) is 4.30. The van der Waals surface area contributed by atoms with Gasteiger partial charge < -0.3 is 15.2 Å². The Balaban J connectivity index is 2.40. The van der Waals surface area contributed by atoms with Crippen molar-refractivity contribution in [2.75, 3.05) is 11.6 Å². The van der Waals surface area contributed by atoms with Crippen molar-refractivity contribution in [1.82, 2.24) is 0 Å². The Labute approximate surface area is 159 Å². The van der Waals surface area contributed by atoms with E-state index in [4.69, 9.17) is 0 Å². The number of aryl methyl sites for hydroxylation is 2. The minimum absolute atomic E-state index is 0.228. The number of aliphatic carboxylic acids is 1. The summed E-state index contributed by atoms with van der Waals surface area (Å²) < 4.78 is 0. The van der Waals surface area contributed by atoms with E-state index in [1.807, 2.05) is 56.5 Å². The van der Waals surface area contributed by atoms with Crippen LogP contribution in [0.3, 0.4) is 0 Å². The maximum atomic E-state index is 12.9. The van der Waals surface area contributed by atoms with Crippen molar-refractivity contribution >= 4 is 29.3 Å². The molecule has 0 unspecified atom stereocenters. The first kappa shape index (κ1) is 20.0. The van der Waals surface area contributed by atoms with Gasteiger partial charge in [0.25, 0.3) is 5.91 Å². The third kappa shape index (κ3) is 4.67. The van der Waals surface area contributed by atoms with E-state index < -0.39 is 11.4 Å². The van der Waals surface area contributed by atoms with E-state index in [9.17, 15) is 14.7 Å². The molecule has 2 aromatic carbocycles. The van der Waals surface area contributed by atoms with E-state index in [2.05, 4.69) is 5.32 Å². The lowest BCUT2D eigenvalue weighted by Gasteiger charge is -2.27. The van der Waals surface area contributed by atoms with Crippen molar-refractivity contribution in [1.29, 1.82) is 0 Å². The standard InChI is InChI=1S/C21H25NO3S/c1-13-9-14(2)18(15(10-13)12-21(3,4)20(24)25)19(23)22-16-7-6-8-17(11-16)26-5/h6-11H,12H2,1-5H3,(H,22,23)(H,24,25)/p-1. The number of hydrogen-bond donors (Lipinski definition) is 1. The van der Waals surface area contributed by atoms with Crippen LogP contribution in [-0.2, 0) is 11.2 Å². The fourth-order valence-electron chi connectivity index (χ4n) is 2.96. The largest absolute Gasteiger partial charge is 0.550 e. The lowest BCUT2D eigenvalue weighted by molar-refractivity contribution is -0.317. The number of carbonyl (C=O) groups is 2. The minimum atomic E-state index is -1.13. The first-order valence-corrected chi connectivity index (χ1v) is 9.63. The average molecular weight is 370 g/mol. The molecule has 0 spiro atoms. The first-order chi connectivity index (χ1) is 12.1. The highest BCUT2D eigenvalue weighted by Gasteiger charge is 2.24. The van der Waals surface area contributed by atoms with Crippen molar-refractivity contribution < 1.29 is 14.7 Å². The molecule has 0 aliphatic carbocycles. The van der Waals surface area contributed by atoms with Crippen LogP contribution in [0.15, 0.2) is 41.3 Å². The lowest BCUT2D eigenvalue weighted by atomic mass is 9.82. The van der Waals surface area contributed by atoms with E-state index >= 15 is 0 Å². The molecule has 2 aromatic rings. The summed E-state index contributed by atoms with van der Waals surface area (Å²) in [7, 11) is 0. The fourth-order valence-corrected chi connectivity index (χ4v) is 3.42. The summed E-state index contributed by atoms with van der Waals surface area (Å²) in [6.45, 7) is 7.04. The Bertz CT molecular complexity index is 843. The number of anilines is 1. The van der Waals surface area contributed by atoms with Crippen LogP contribution in [0.5, 0.6) is 0 Å². The number of benzene rings is 2. The highest BCUT2D eigenvalue weighted by molar-refractivity contribution is 7.98. The molecule has 0 atom stereocenters. The van der Waals surface area contributed by atoms with Crippen molar-refractivity contribution in [3.8, 4) is 0 Å². The van der Waals surface area contributed by atoms with Gasteiger partial charge in [0.1, 0.15) is 0 Å². The number of hydrogen-bond acceptors (Lipinski definition) is 4. The van der Waals surface area contributed by atoms with Crippen LogP contribution in [0, 0.1) is 19.3 Å². The predicted octanol–water partition coefficient (Wildman–Crippen LogP) is 3.60. The zero-order valence-electron chi connectivity index (χ0n) is 15.8. The second kappa shape index (κ2) is 7.96. The molecule has 0 saturated heterocycles. The summed E-state index contributed by atoms with van der Waals surface area (Å²) in [5, 5.41) is 14.4. The van der Waals surface area contributed by atoms with Crippen LogP contribution >= 0.6 is 11.8 Å². The van der Waals surface area contributed by atoms with Crippen molar-refractivity contribution in [3.63, 3.8) is 0 Å². The summed E-state index contributed by atoms with van der Waals surface area (Å²) >= 11 is 1.60. The summed E-state index contributed by atoms with van der Waals surface area (Å²) in [5.74, 6) is -1.36. The molecule has 5 heteroatoms. The quantitative estimate of drug-likeness (QED) is 0.789. The smallest absolute Gasteiger partial charge is 0.256 e.